The molecule has 3 heteroatoms. The van der Waals surface area contributed by atoms with E-state index in [0.29, 0.717) is 0 Å². The summed E-state index contributed by atoms with van der Waals surface area (Å²) in [6.45, 7) is 4.28. The number of nitrogens with zero attached hydrogens (tertiary/aromatic N) is 1. The number of rotatable bonds is 6. The molecule has 0 atom stereocenters. The first-order chi connectivity index (χ1) is 7.26. The molecular formula is C12H20N2O. The molecule has 0 saturated carbocycles. The molecule has 3 nitrogen and oxygen atoms in total. The van der Waals surface area contributed by atoms with Crippen LogP contribution >= 0.6 is 0 Å². The number of nitrogens with one attached hydrogen (secondary N) is 1. The zero-order valence-electron chi connectivity index (χ0n) is 9.68. The number of aryl methyl sites for hydroxylation is 2. The van der Waals surface area contributed by atoms with Gasteiger partial charge in [0.2, 0.25) is 0 Å². The Bertz CT molecular complexity index is 314. The van der Waals surface area contributed by atoms with Crippen molar-refractivity contribution in [1.29, 1.82) is 0 Å². The van der Waals surface area contributed by atoms with Gasteiger partial charge in [-0.1, -0.05) is 26.7 Å². The van der Waals surface area contributed by atoms with Crippen LogP contribution in [-0.2, 0) is 12.8 Å². The van der Waals surface area contributed by atoms with Gasteiger partial charge in [0.1, 0.15) is 5.82 Å². The molecule has 1 rings (SSSR count). The van der Waals surface area contributed by atoms with Crippen molar-refractivity contribution < 1.29 is 0 Å². The summed E-state index contributed by atoms with van der Waals surface area (Å²) < 4.78 is 0. The average molecular weight is 208 g/mol. The maximum absolute atomic E-state index is 11.3. The minimum atomic E-state index is -0.0118. The lowest BCUT2D eigenvalue weighted by Gasteiger charge is -2.02. The second kappa shape index (κ2) is 6.38. The number of unbranched alkanes of at least 4 members (excludes halogenated alkanes) is 2. The lowest BCUT2D eigenvalue weighted by molar-refractivity contribution is 0.719. The highest BCUT2D eigenvalue weighted by Crippen LogP contribution is 2.02. The van der Waals surface area contributed by atoms with Crippen molar-refractivity contribution in [2.75, 3.05) is 0 Å². The zero-order valence-corrected chi connectivity index (χ0v) is 9.68. The van der Waals surface area contributed by atoms with Crippen molar-refractivity contribution in [2.45, 2.75) is 52.4 Å². The van der Waals surface area contributed by atoms with Gasteiger partial charge in [-0.05, 0) is 19.3 Å². The smallest absolute Gasteiger partial charge is 0.251 e. The van der Waals surface area contributed by atoms with Gasteiger partial charge >= 0.3 is 0 Å². The summed E-state index contributed by atoms with van der Waals surface area (Å²) in [7, 11) is 0. The van der Waals surface area contributed by atoms with E-state index in [9.17, 15) is 4.79 Å². The van der Waals surface area contributed by atoms with E-state index in [1.807, 2.05) is 0 Å². The molecular weight excluding hydrogens is 188 g/mol. The first-order valence-corrected chi connectivity index (χ1v) is 5.85. The molecule has 0 fully saturated rings. The van der Waals surface area contributed by atoms with Gasteiger partial charge in [-0.3, -0.25) is 4.79 Å². The number of hydrogen-bond acceptors (Lipinski definition) is 2. The lowest BCUT2D eigenvalue weighted by atomic mass is 10.2. The largest absolute Gasteiger partial charge is 0.311 e. The second-order valence-electron chi connectivity index (χ2n) is 3.89. The molecule has 0 radical (unpaired) electrons. The van der Waals surface area contributed by atoms with Crippen molar-refractivity contribution in [3.63, 3.8) is 0 Å². The Balaban J connectivity index is 2.71. The summed E-state index contributed by atoms with van der Waals surface area (Å²) >= 11 is 0. The SMILES string of the molecule is CCCCc1cc(=O)[nH]c(CCCC)n1. The summed E-state index contributed by atoms with van der Waals surface area (Å²) in [5.74, 6) is 0.843. The summed E-state index contributed by atoms with van der Waals surface area (Å²) in [6.07, 6.45) is 6.25. The highest BCUT2D eigenvalue weighted by atomic mass is 16.1. The molecule has 0 saturated heterocycles. The standard InChI is InChI=1S/C12H20N2O/c1-3-5-7-10-9-12(15)14-11(13-10)8-6-4-2/h9H,3-8H2,1-2H3,(H,13,14,15). The predicted octanol–water partition coefficient (Wildman–Crippen LogP) is 2.46. The summed E-state index contributed by atoms with van der Waals surface area (Å²) in [5, 5.41) is 0. The van der Waals surface area contributed by atoms with Gasteiger partial charge in [-0.15, -0.1) is 0 Å². The minimum absolute atomic E-state index is 0.0118. The lowest BCUT2D eigenvalue weighted by Crippen LogP contribution is -2.12. The quantitative estimate of drug-likeness (QED) is 0.780. The maximum atomic E-state index is 11.3. The van der Waals surface area contributed by atoms with E-state index in [1.54, 1.807) is 6.07 Å². The molecule has 0 aliphatic rings. The summed E-state index contributed by atoms with van der Waals surface area (Å²) in [4.78, 5) is 18.6. The van der Waals surface area contributed by atoms with Crippen LogP contribution in [0.3, 0.4) is 0 Å². The molecule has 0 aliphatic heterocycles. The Morgan fingerprint density at radius 1 is 1.20 bits per heavy atom. The van der Waals surface area contributed by atoms with Crippen LogP contribution in [0.25, 0.3) is 0 Å². The van der Waals surface area contributed by atoms with E-state index in [0.717, 1.165) is 50.0 Å². The first kappa shape index (κ1) is 12.0. The number of H-pyrrole nitrogens is 1. The van der Waals surface area contributed by atoms with Crippen LogP contribution in [-0.4, -0.2) is 9.97 Å². The predicted molar refractivity (Wildman–Crippen MR) is 62.1 cm³/mol. The van der Waals surface area contributed by atoms with Gasteiger partial charge in [0, 0.05) is 18.2 Å². The second-order valence-corrected chi connectivity index (χ2v) is 3.89. The van der Waals surface area contributed by atoms with Crippen LogP contribution in [0.2, 0.25) is 0 Å². The topological polar surface area (TPSA) is 45.8 Å². The van der Waals surface area contributed by atoms with Crippen LogP contribution in [0.4, 0.5) is 0 Å². The summed E-state index contributed by atoms with van der Waals surface area (Å²) in [6, 6.07) is 1.62. The monoisotopic (exact) mass is 208 g/mol. The highest BCUT2D eigenvalue weighted by molar-refractivity contribution is 5.03. The third kappa shape index (κ3) is 4.28. The van der Waals surface area contributed by atoms with Gasteiger partial charge in [0.05, 0.1) is 0 Å². The molecule has 0 bridgehead atoms. The van der Waals surface area contributed by atoms with E-state index >= 15 is 0 Å². The molecule has 1 heterocycles. The van der Waals surface area contributed by atoms with Gasteiger partial charge in [-0.25, -0.2) is 4.98 Å². The van der Waals surface area contributed by atoms with E-state index < -0.39 is 0 Å². The number of aromatic nitrogens is 2. The molecule has 0 amide bonds. The fraction of sp³-hybridized carbons (Fsp3) is 0.667. The third-order valence-electron chi connectivity index (χ3n) is 2.40. The average Bonchev–Trinajstić information content (AvgIpc) is 2.23. The third-order valence-corrected chi connectivity index (χ3v) is 2.40. The molecule has 0 spiro atoms. The zero-order chi connectivity index (χ0) is 11.1. The van der Waals surface area contributed by atoms with Crippen molar-refractivity contribution >= 4 is 0 Å². The molecule has 1 aromatic rings. The van der Waals surface area contributed by atoms with Gasteiger partial charge < -0.3 is 4.98 Å². The van der Waals surface area contributed by atoms with Crippen molar-refractivity contribution in [1.82, 2.24) is 9.97 Å². The fourth-order valence-corrected chi connectivity index (χ4v) is 1.51. The molecule has 15 heavy (non-hydrogen) atoms. The minimum Gasteiger partial charge on any atom is -0.311 e. The van der Waals surface area contributed by atoms with E-state index in [2.05, 4.69) is 23.8 Å². The van der Waals surface area contributed by atoms with Crippen LogP contribution < -0.4 is 5.56 Å². The Morgan fingerprint density at radius 2 is 1.87 bits per heavy atom. The molecule has 0 aromatic carbocycles. The number of aromatic amines is 1. The van der Waals surface area contributed by atoms with Crippen LogP contribution in [0.5, 0.6) is 0 Å². The normalized spacial score (nSPS) is 10.5. The molecule has 0 unspecified atom stereocenters. The van der Waals surface area contributed by atoms with Crippen molar-refractivity contribution in [3.8, 4) is 0 Å². The van der Waals surface area contributed by atoms with Crippen molar-refractivity contribution in [2.24, 2.45) is 0 Å². The maximum Gasteiger partial charge on any atom is 0.251 e. The molecule has 84 valence electrons. The number of hydrogen-bond donors (Lipinski definition) is 1. The Hall–Kier alpha value is -1.12. The van der Waals surface area contributed by atoms with Gasteiger partial charge in [-0.2, -0.15) is 0 Å². The van der Waals surface area contributed by atoms with E-state index in [-0.39, 0.29) is 5.56 Å². The Kier molecular flexibility index (Phi) is 5.08. The van der Waals surface area contributed by atoms with E-state index in [1.165, 1.54) is 0 Å². The summed E-state index contributed by atoms with van der Waals surface area (Å²) in [5.41, 5.74) is 0.925. The Labute approximate surface area is 91.0 Å². The molecule has 0 aliphatic carbocycles. The van der Waals surface area contributed by atoms with E-state index in [4.69, 9.17) is 0 Å². The Morgan fingerprint density at radius 3 is 2.53 bits per heavy atom. The first-order valence-electron chi connectivity index (χ1n) is 5.85. The van der Waals surface area contributed by atoms with Crippen LogP contribution in [0.1, 0.15) is 51.0 Å². The molecule has 1 aromatic heterocycles. The van der Waals surface area contributed by atoms with Crippen molar-refractivity contribution in [3.05, 3.63) is 27.9 Å². The van der Waals surface area contributed by atoms with Crippen LogP contribution in [0, 0.1) is 0 Å². The van der Waals surface area contributed by atoms with Crippen LogP contribution in [0.15, 0.2) is 10.9 Å². The highest BCUT2D eigenvalue weighted by Gasteiger charge is 2.00. The van der Waals surface area contributed by atoms with Gasteiger partial charge in [0.15, 0.2) is 0 Å². The van der Waals surface area contributed by atoms with Gasteiger partial charge in [0.25, 0.3) is 5.56 Å². The fourth-order valence-electron chi connectivity index (χ4n) is 1.51. The molecule has 1 N–H and O–H groups in total.